The first-order valence-electron chi connectivity index (χ1n) is 14.8. The molecule has 0 amide bonds. The third-order valence-corrected chi connectivity index (χ3v) is 10.8. The molecule has 2 aromatic carbocycles. The summed E-state index contributed by atoms with van der Waals surface area (Å²) in [5, 5.41) is 15.8. The van der Waals surface area contributed by atoms with Crippen molar-refractivity contribution >= 4 is 48.5 Å². The summed E-state index contributed by atoms with van der Waals surface area (Å²) in [6, 6.07) is 32.1. The molecule has 2 aromatic rings. The first-order valence-corrected chi connectivity index (χ1v) is 17.6. The lowest BCUT2D eigenvalue weighted by atomic mass is 10.1. The van der Waals surface area contributed by atoms with E-state index in [9.17, 15) is 0 Å². The summed E-state index contributed by atoms with van der Waals surface area (Å²) in [5.74, 6) is 14.0. The van der Waals surface area contributed by atoms with E-state index in [2.05, 4.69) is 93.4 Å². The largest absolute Gasteiger partial charge is 0.307 e. The number of nitrogens with zero attached hydrogens (tertiary/aromatic N) is 1. The van der Waals surface area contributed by atoms with Crippen LogP contribution < -0.4 is 21.3 Å². The number of hydrogen-bond donors (Lipinski definition) is 5. The van der Waals surface area contributed by atoms with Gasteiger partial charge in [-0.25, -0.2) is 0 Å². The number of nitrogens with one attached hydrogen (secondary N) is 4. The fourth-order valence-corrected chi connectivity index (χ4v) is 7.80. The first-order chi connectivity index (χ1) is 23.2. The van der Waals surface area contributed by atoms with Gasteiger partial charge in [0.05, 0.1) is 0 Å². The van der Waals surface area contributed by atoms with Gasteiger partial charge < -0.3 is 21.3 Å². The van der Waals surface area contributed by atoms with E-state index in [1.165, 1.54) is 42.3 Å². The molecule has 9 heteroatoms. The van der Waals surface area contributed by atoms with Crippen LogP contribution in [0.5, 0.6) is 0 Å². The summed E-state index contributed by atoms with van der Waals surface area (Å²) >= 11 is 9.22. The molecule has 230 valence electrons. The van der Waals surface area contributed by atoms with Gasteiger partial charge in [0.15, 0.2) is 0 Å². The van der Waals surface area contributed by atoms with Crippen molar-refractivity contribution in [2.75, 3.05) is 0 Å². The van der Waals surface area contributed by atoms with Crippen molar-refractivity contribution in [3.63, 3.8) is 0 Å². The maximum atomic E-state index is 4.79. The molecule has 3 aliphatic carbocycles. The number of thiol groups is 1. The number of allylic oxidation sites excluding steroid dienone is 10. The SMILES string of the molecule is S/C(NC#CC1=CC=CC2CC12)=C(/NC#CC1=CC=CC=CC1)SN1SC(NC#Cc2ccccc2)=C(NC#Cc2ccccc2)S1. The Hall–Kier alpha value is -4.58. The Labute approximate surface area is 295 Å². The molecule has 2 atom stereocenters. The molecule has 1 saturated carbocycles. The third-order valence-electron chi connectivity index (χ3n) is 6.89. The van der Waals surface area contributed by atoms with Crippen LogP contribution in [0.3, 0.4) is 0 Å². The molecule has 1 fully saturated rings. The van der Waals surface area contributed by atoms with E-state index in [-0.39, 0.29) is 0 Å². The van der Waals surface area contributed by atoms with Gasteiger partial charge in [-0.3, -0.25) is 0 Å². The fraction of sp³-hybridized carbons (Fsp3) is 0.105. The van der Waals surface area contributed by atoms with E-state index in [0.29, 0.717) is 21.9 Å². The molecular formula is C38H29N5S4. The van der Waals surface area contributed by atoms with Crippen molar-refractivity contribution < 1.29 is 0 Å². The van der Waals surface area contributed by atoms with E-state index in [1.54, 1.807) is 0 Å². The number of hydrogen-bond acceptors (Lipinski definition) is 9. The van der Waals surface area contributed by atoms with E-state index in [1.807, 2.05) is 88.1 Å². The zero-order chi connectivity index (χ0) is 32.1. The Morgan fingerprint density at radius 1 is 0.745 bits per heavy atom. The maximum absolute atomic E-state index is 4.79. The standard InChI is InChI=1S/C38H29N5S4/c44-35(39-27-23-32-18-11-19-33-28-34(32)33)36(40-24-20-29-12-5-1-2-6-13-29)45-43-46-37(41-25-21-30-14-7-3-8-15-30)38(47-43)42-26-22-31-16-9-4-10-17-31/h1-12,14-19,33-34,39-42,44H,13,28H2/b36-35-. The van der Waals surface area contributed by atoms with Crippen molar-refractivity contribution in [1.82, 2.24) is 24.4 Å². The molecule has 0 aromatic heterocycles. The number of rotatable bonds is 6. The van der Waals surface area contributed by atoms with Crippen molar-refractivity contribution in [3.05, 3.63) is 152 Å². The molecule has 1 aliphatic heterocycles. The van der Waals surface area contributed by atoms with Crippen LogP contribution in [0.25, 0.3) is 0 Å². The van der Waals surface area contributed by atoms with Crippen LogP contribution in [0.15, 0.2) is 141 Å². The van der Waals surface area contributed by atoms with Gasteiger partial charge in [0.2, 0.25) is 0 Å². The number of benzene rings is 2. The van der Waals surface area contributed by atoms with E-state index in [0.717, 1.165) is 38.8 Å². The lowest BCUT2D eigenvalue weighted by Crippen LogP contribution is -2.14. The minimum absolute atomic E-state index is 0.547. The molecule has 5 nitrogen and oxygen atoms in total. The second kappa shape index (κ2) is 16.8. The summed E-state index contributed by atoms with van der Waals surface area (Å²) in [6.45, 7) is 0. The lowest BCUT2D eigenvalue weighted by molar-refractivity contribution is 0.945. The second-order valence-electron chi connectivity index (χ2n) is 10.3. The van der Waals surface area contributed by atoms with Crippen LogP contribution in [0.4, 0.5) is 0 Å². The van der Waals surface area contributed by atoms with Crippen molar-refractivity contribution in [2.24, 2.45) is 11.8 Å². The smallest absolute Gasteiger partial charge is 0.130 e. The quantitative estimate of drug-likeness (QED) is 0.0942. The van der Waals surface area contributed by atoms with Crippen molar-refractivity contribution in [3.8, 4) is 47.9 Å². The molecule has 0 spiro atoms. The van der Waals surface area contributed by atoms with E-state index in [4.69, 9.17) is 12.6 Å². The van der Waals surface area contributed by atoms with E-state index >= 15 is 0 Å². The van der Waals surface area contributed by atoms with Gasteiger partial charge in [0.25, 0.3) is 0 Å². The van der Waals surface area contributed by atoms with Gasteiger partial charge >= 0.3 is 0 Å². The molecule has 47 heavy (non-hydrogen) atoms. The summed E-state index contributed by atoms with van der Waals surface area (Å²) in [4.78, 5) is 0. The van der Waals surface area contributed by atoms with Gasteiger partial charge in [-0.1, -0.05) is 85.0 Å². The van der Waals surface area contributed by atoms with Crippen LogP contribution in [0.2, 0.25) is 0 Å². The van der Waals surface area contributed by atoms with Gasteiger partial charge in [-0.05, 0) is 72.6 Å². The third kappa shape index (κ3) is 9.95. The molecule has 2 unspecified atom stereocenters. The van der Waals surface area contributed by atoms with Crippen molar-refractivity contribution in [1.29, 1.82) is 0 Å². The zero-order valence-corrected chi connectivity index (χ0v) is 28.4. The van der Waals surface area contributed by atoms with Crippen LogP contribution in [0, 0.1) is 59.7 Å². The van der Waals surface area contributed by atoms with Gasteiger partial charge in [0.1, 0.15) is 20.1 Å². The zero-order valence-electron chi connectivity index (χ0n) is 25.1. The maximum Gasteiger partial charge on any atom is 0.130 e. The predicted molar refractivity (Wildman–Crippen MR) is 202 cm³/mol. The Morgan fingerprint density at radius 3 is 2.13 bits per heavy atom. The highest BCUT2D eigenvalue weighted by Gasteiger charge is 2.38. The molecule has 0 saturated heterocycles. The van der Waals surface area contributed by atoms with Crippen LogP contribution in [-0.4, -0.2) is 3.12 Å². The predicted octanol–water partition coefficient (Wildman–Crippen LogP) is 7.30. The Balaban J connectivity index is 1.19. The first kappa shape index (κ1) is 32.4. The van der Waals surface area contributed by atoms with Gasteiger partial charge in [-0.15, -0.1) is 15.7 Å². The van der Waals surface area contributed by atoms with Gasteiger partial charge in [-0.2, -0.15) is 0 Å². The normalized spacial score (nSPS) is 19.3. The highest BCUT2D eigenvalue weighted by molar-refractivity contribution is 8.30. The summed E-state index contributed by atoms with van der Waals surface area (Å²) in [5.41, 5.74) is 4.01. The van der Waals surface area contributed by atoms with Crippen LogP contribution in [-0.2, 0) is 0 Å². The summed E-state index contributed by atoms with van der Waals surface area (Å²) in [7, 11) is 0. The second-order valence-corrected chi connectivity index (χ2v) is 14.3. The minimum Gasteiger partial charge on any atom is -0.307 e. The minimum atomic E-state index is 0.547. The van der Waals surface area contributed by atoms with Crippen LogP contribution in [0.1, 0.15) is 24.0 Å². The lowest BCUT2D eigenvalue weighted by Gasteiger charge is -2.15. The Kier molecular flexibility index (Phi) is 11.6. The molecule has 0 bridgehead atoms. The Bertz CT molecular complexity index is 1890. The highest BCUT2D eigenvalue weighted by atomic mass is 32.3. The average molecular weight is 684 g/mol. The highest BCUT2D eigenvalue weighted by Crippen LogP contribution is 2.49. The molecular weight excluding hydrogens is 655 g/mol. The number of fused-ring (bicyclic) bond motifs is 1. The fourth-order valence-electron chi connectivity index (χ4n) is 4.41. The molecule has 0 radical (unpaired) electrons. The summed E-state index contributed by atoms with van der Waals surface area (Å²) < 4.78 is 2.02. The van der Waals surface area contributed by atoms with Crippen LogP contribution >= 0.6 is 48.5 Å². The topological polar surface area (TPSA) is 51.4 Å². The van der Waals surface area contributed by atoms with E-state index < -0.39 is 0 Å². The van der Waals surface area contributed by atoms with Crippen molar-refractivity contribution in [2.45, 2.75) is 12.8 Å². The van der Waals surface area contributed by atoms with Gasteiger partial charge in [0, 0.05) is 82.3 Å². The Morgan fingerprint density at radius 2 is 1.43 bits per heavy atom. The summed E-state index contributed by atoms with van der Waals surface area (Å²) in [6.07, 6.45) is 18.5. The molecule has 4 N–H and O–H groups in total. The molecule has 1 heterocycles. The average Bonchev–Trinajstić information content (AvgIpc) is 3.86. The molecule has 6 rings (SSSR count). The monoisotopic (exact) mass is 683 g/mol. The molecule has 4 aliphatic rings.